The topological polar surface area (TPSA) is 76.2 Å². The van der Waals surface area contributed by atoms with Crippen LogP contribution >= 0.6 is 0 Å². The summed E-state index contributed by atoms with van der Waals surface area (Å²) in [5.41, 5.74) is 2.11. The highest BCUT2D eigenvalue weighted by Gasteiger charge is 2.26. The number of likely N-dealkylation sites (N-methyl/N-ethyl adjacent to an activating group) is 2. The molecule has 3 rings (SSSR count). The third-order valence-electron chi connectivity index (χ3n) is 4.67. The van der Waals surface area contributed by atoms with Crippen molar-refractivity contribution in [2.75, 3.05) is 33.9 Å². The van der Waals surface area contributed by atoms with E-state index in [1.807, 2.05) is 31.2 Å². The summed E-state index contributed by atoms with van der Waals surface area (Å²) >= 11 is 0. The maximum atomic E-state index is 12.8. The molecule has 0 atom stereocenters. The van der Waals surface area contributed by atoms with Gasteiger partial charge in [-0.15, -0.1) is 0 Å². The van der Waals surface area contributed by atoms with Crippen LogP contribution in [0.2, 0.25) is 0 Å². The number of ether oxygens (including phenoxy) is 2. The molecule has 1 aliphatic rings. The van der Waals surface area contributed by atoms with Gasteiger partial charge >= 0.3 is 0 Å². The molecule has 7 nitrogen and oxygen atoms in total. The summed E-state index contributed by atoms with van der Waals surface area (Å²) in [6.07, 6.45) is 0. The van der Waals surface area contributed by atoms with Gasteiger partial charge in [0.05, 0.1) is 11.4 Å². The molecule has 0 fully saturated rings. The lowest BCUT2D eigenvalue weighted by Crippen LogP contribution is -2.39. The van der Waals surface area contributed by atoms with Crippen molar-refractivity contribution in [1.82, 2.24) is 9.21 Å². The third kappa shape index (κ3) is 4.28. The molecule has 0 spiro atoms. The Morgan fingerprint density at radius 3 is 2.43 bits per heavy atom. The second-order valence-electron chi connectivity index (χ2n) is 6.74. The van der Waals surface area contributed by atoms with E-state index < -0.39 is 10.0 Å². The lowest BCUT2D eigenvalue weighted by molar-refractivity contribution is -0.130. The molecule has 0 aliphatic carbocycles. The van der Waals surface area contributed by atoms with E-state index in [0.717, 1.165) is 15.4 Å². The fourth-order valence-corrected chi connectivity index (χ4v) is 4.03. The highest BCUT2D eigenvalue weighted by atomic mass is 32.2. The Hall–Kier alpha value is -2.58. The molecule has 0 saturated heterocycles. The molecule has 0 saturated carbocycles. The summed E-state index contributed by atoms with van der Waals surface area (Å²) in [6, 6.07) is 12.2. The molecule has 0 N–H and O–H groups in total. The number of hydrogen-bond acceptors (Lipinski definition) is 5. The number of sulfonamides is 1. The molecule has 2 aromatic rings. The molecule has 0 aromatic heterocycles. The zero-order chi connectivity index (χ0) is 20.3. The molecular weight excluding hydrogens is 380 g/mol. The molecular formula is C20H24N2O5S. The number of carbonyl (C=O) groups is 1. The number of aryl methyl sites for hydroxylation is 1. The van der Waals surface area contributed by atoms with Gasteiger partial charge in [0.2, 0.25) is 15.9 Å². The standard InChI is InChI=1S/C20H24N2O5S/c1-15-6-4-5-7-16(15)13-21(2)20(23)14-22(3)28(24,25)17-8-9-18-19(12-17)27-11-10-26-18/h4-9,12H,10-11,13-14H2,1-3H3. The first-order valence-electron chi connectivity index (χ1n) is 8.93. The SMILES string of the molecule is Cc1ccccc1CN(C)C(=O)CN(C)S(=O)(=O)c1ccc2c(c1)OCCO2. The Kier molecular flexibility index (Phi) is 5.90. The van der Waals surface area contributed by atoms with Crippen LogP contribution in [-0.4, -0.2) is 57.4 Å². The van der Waals surface area contributed by atoms with Gasteiger partial charge in [0, 0.05) is 26.7 Å². The van der Waals surface area contributed by atoms with Crippen LogP contribution < -0.4 is 9.47 Å². The first kappa shape index (κ1) is 20.2. The Morgan fingerprint density at radius 2 is 1.71 bits per heavy atom. The van der Waals surface area contributed by atoms with Gasteiger partial charge in [0.15, 0.2) is 11.5 Å². The van der Waals surface area contributed by atoms with Gasteiger partial charge in [0.25, 0.3) is 0 Å². The van der Waals surface area contributed by atoms with Crippen LogP contribution in [0, 0.1) is 6.92 Å². The Morgan fingerprint density at radius 1 is 1.04 bits per heavy atom. The smallest absolute Gasteiger partial charge is 0.243 e. The highest BCUT2D eigenvalue weighted by molar-refractivity contribution is 7.89. The Labute approximate surface area is 165 Å². The van der Waals surface area contributed by atoms with E-state index in [1.54, 1.807) is 13.1 Å². The van der Waals surface area contributed by atoms with Crippen molar-refractivity contribution in [2.24, 2.45) is 0 Å². The number of carbonyl (C=O) groups excluding carboxylic acids is 1. The molecule has 8 heteroatoms. The molecule has 1 heterocycles. The van der Waals surface area contributed by atoms with E-state index in [4.69, 9.17) is 9.47 Å². The van der Waals surface area contributed by atoms with Crippen molar-refractivity contribution < 1.29 is 22.7 Å². The van der Waals surface area contributed by atoms with Gasteiger partial charge in [-0.25, -0.2) is 8.42 Å². The van der Waals surface area contributed by atoms with E-state index in [1.165, 1.54) is 24.1 Å². The second kappa shape index (κ2) is 8.20. The summed E-state index contributed by atoms with van der Waals surface area (Å²) in [7, 11) is -0.771. The average Bonchev–Trinajstić information content (AvgIpc) is 2.69. The van der Waals surface area contributed by atoms with Crippen LogP contribution in [0.5, 0.6) is 11.5 Å². The summed E-state index contributed by atoms with van der Waals surface area (Å²) in [5.74, 6) is 0.623. The second-order valence-corrected chi connectivity index (χ2v) is 8.79. The van der Waals surface area contributed by atoms with Gasteiger partial charge in [-0.3, -0.25) is 4.79 Å². The van der Waals surface area contributed by atoms with Crippen molar-refractivity contribution in [3.63, 3.8) is 0 Å². The number of nitrogens with zero attached hydrogens (tertiary/aromatic N) is 2. The van der Waals surface area contributed by atoms with Gasteiger partial charge in [-0.05, 0) is 30.2 Å². The maximum Gasteiger partial charge on any atom is 0.243 e. The van der Waals surface area contributed by atoms with Crippen LogP contribution in [0.4, 0.5) is 0 Å². The molecule has 0 bridgehead atoms. The van der Waals surface area contributed by atoms with Gasteiger partial charge < -0.3 is 14.4 Å². The number of amides is 1. The third-order valence-corrected chi connectivity index (χ3v) is 6.47. The van der Waals surface area contributed by atoms with Gasteiger partial charge in [0.1, 0.15) is 13.2 Å². The van der Waals surface area contributed by atoms with Gasteiger partial charge in [-0.1, -0.05) is 24.3 Å². The summed E-state index contributed by atoms with van der Waals surface area (Å²) < 4.78 is 37.6. The largest absolute Gasteiger partial charge is 0.486 e. The van der Waals surface area contributed by atoms with Crippen molar-refractivity contribution in [1.29, 1.82) is 0 Å². The van der Waals surface area contributed by atoms with Crippen molar-refractivity contribution in [3.8, 4) is 11.5 Å². The van der Waals surface area contributed by atoms with Crippen LogP contribution in [0.25, 0.3) is 0 Å². The Bertz CT molecular complexity index is 974. The van der Waals surface area contributed by atoms with E-state index in [-0.39, 0.29) is 17.3 Å². The molecule has 0 radical (unpaired) electrons. The normalized spacial score (nSPS) is 13.4. The number of rotatable bonds is 6. The molecule has 1 amide bonds. The maximum absolute atomic E-state index is 12.8. The zero-order valence-corrected chi connectivity index (χ0v) is 17.0. The molecule has 2 aromatic carbocycles. The zero-order valence-electron chi connectivity index (χ0n) is 16.2. The number of benzene rings is 2. The summed E-state index contributed by atoms with van der Waals surface area (Å²) in [5, 5.41) is 0. The fourth-order valence-electron chi connectivity index (χ4n) is 2.89. The van der Waals surface area contributed by atoms with Crippen molar-refractivity contribution in [3.05, 3.63) is 53.6 Å². The first-order valence-corrected chi connectivity index (χ1v) is 10.4. The first-order chi connectivity index (χ1) is 13.3. The van der Waals surface area contributed by atoms with Crippen molar-refractivity contribution >= 4 is 15.9 Å². The highest BCUT2D eigenvalue weighted by Crippen LogP contribution is 2.32. The number of hydrogen-bond donors (Lipinski definition) is 0. The van der Waals surface area contributed by atoms with Crippen LogP contribution in [0.3, 0.4) is 0 Å². The van der Waals surface area contributed by atoms with Crippen LogP contribution in [0.1, 0.15) is 11.1 Å². The average molecular weight is 404 g/mol. The predicted octanol–water partition coefficient (Wildman–Crippen LogP) is 2.05. The van der Waals surface area contributed by atoms with E-state index in [0.29, 0.717) is 31.3 Å². The van der Waals surface area contributed by atoms with E-state index in [9.17, 15) is 13.2 Å². The lowest BCUT2D eigenvalue weighted by atomic mass is 10.1. The summed E-state index contributed by atoms with van der Waals surface area (Å²) in [6.45, 7) is 2.95. The van der Waals surface area contributed by atoms with E-state index in [2.05, 4.69) is 0 Å². The lowest BCUT2D eigenvalue weighted by Gasteiger charge is -2.23. The summed E-state index contributed by atoms with van der Waals surface area (Å²) in [4.78, 5) is 14.1. The predicted molar refractivity (Wildman–Crippen MR) is 105 cm³/mol. The fraction of sp³-hybridized carbons (Fsp3) is 0.350. The quantitative estimate of drug-likeness (QED) is 0.737. The van der Waals surface area contributed by atoms with E-state index >= 15 is 0 Å². The van der Waals surface area contributed by atoms with Crippen molar-refractivity contribution in [2.45, 2.75) is 18.4 Å². The minimum Gasteiger partial charge on any atom is -0.486 e. The minimum absolute atomic E-state index is 0.0635. The molecule has 28 heavy (non-hydrogen) atoms. The van der Waals surface area contributed by atoms with Crippen LogP contribution in [-0.2, 0) is 21.4 Å². The minimum atomic E-state index is -3.83. The number of fused-ring (bicyclic) bond motifs is 1. The molecule has 1 aliphatic heterocycles. The Balaban J connectivity index is 1.69. The van der Waals surface area contributed by atoms with Gasteiger partial charge in [-0.2, -0.15) is 4.31 Å². The van der Waals surface area contributed by atoms with Crippen LogP contribution in [0.15, 0.2) is 47.4 Å². The molecule has 0 unspecified atom stereocenters. The molecule has 150 valence electrons. The monoisotopic (exact) mass is 404 g/mol.